The Kier molecular flexibility index (Phi) is 3.54. The van der Waals surface area contributed by atoms with Crippen LogP contribution in [0.15, 0.2) is 10.6 Å². The lowest BCUT2D eigenvalue weighted by molar-refractivity contribution is -0.00549. The summed E-state index contributed by atoms with van der Waals surface area (Å²) in [7, 11) is 1.84. The van der Waals surface area contributed by atoms with Crippen molar-refractivity contribution in [3.8, 4) is 11.6 Å². The molecule has 0 saturated heterocycles. The third-order valence-electron chi connectivity index (χ3n) is 3.56. The van der Waals surface area contributed by atoms with Gasteiger partial charge in [-0.2, -0.15) is 10.1 Å². The molecule has 2 aromatic heterocycles. The first-order valence-corrected chi connectivity index (χ1v) is 6.85. The molecule has 0 aromatic carbocycles. The van der Waals surface area contributed by atoms with Crippen molar-refractivity contribution in [3.63, 3.8) is 0 Å². The number of hydrogen-bond acceptors (Lipinski definition) is 6. The van der Waals surface area contributed by atoms with Gasteiger partial charge in [-0.1, -0.05) is 5.16 Å². The van der Waals surface area contributed by atoms with E-state index < -0.39 is 0 Å². The smallest absolute Gasteiger partial charge is 0.276 e. The molecule has 2 heterocycles. The summed E-state index contributed by atoms with van der Waals surface area (Å²) in [6.07, 6.45) is 3.84. The molecule has 1 unspecified atom stereocenters. The summed E-state index contributed by atoms with van der Waals surface area (Å²) < 4.78 is 12.6. The van der Waals surface area contributed by atoms with Gasteiger partial charge in [-0.15, -0.1) is 0 Å². The fraction of sp³-hybridized carbons (Fsp3) is 0.615. The topological polar surface area (TPSA) is 92.0 Å². The molecular weight excluding hydrogens is 258 g/mol. The molecule has 20 heavy (non-hydrogen) atoms. The highest BCUT2D eigenvalue weighted by Gasteiger charge is 2.22. The molecule has 1 atom stereocenters. The second kappa shape index (κ2) is 5.34. The van der Waals surface area contributed by atoms with Crippen LogP contribution in [0.4, 0.5) is 0 Å². The van der Waals surface area contributed by atoms with Crippen LogP contribution in [-0.4, -0.2) is 32.6 Å². The maximum absolute atomic E-state index is 6.02. The summed E-state index contributed by atoms with van der Waals surface area (Å²) in [6.45, 7) is 2.34. The van der Waals surface area contributed by atoms with E-state index in [1.807, 2.05) is 20.0 Å². The number of aromatic nitrogens is 4. The average Bonchev–Trinajstić information content (AvgIpc) is 2.93. The molecule has 1 saturated carbocycles. The minimum absolute atomic E-state index is 0.354. The van der Waals surface area contributed by atoms with Crippen molar-refractivity contribution in [2.75, 3.05) is 6.61 Å². The van der Waals surface area contributed by atoms with Crippen LogP contribution < -0.4 is 5.73 Å². The summed E-state index contributed by atoms with van der Waals surface area (Å²) in [4.78, 5) is 4.33. The normalized spacial score (nSPS) is 17.1. The standard InChI is InChI=1S/C13H19N5O2/c1-8-6-11(18(2)16-8)13-15-12(17-20-13)10(14)7-19-9-4-3-5-9/h6,9-10H,3-5,7,14H2,1-2H3. The number of nitrogens with zero attached hydrogens (tertiary/aromatic N) is 4. The Hall–Kier alpha value is -1.73. The van der Waals surface area contributed by atoms with E-state index in [1.165, 1.54) is 6.42 Å². The zero-order valence-electron chi connectivity index (χ0n) is 11.7. The molecule has 1 aliphatic carbocycles. The fourth-order valence-corrected chi connectivity index (χ4v) is 2.15. The number of aryl methyl sites for hydroxylation is 2. The zero-order chi connectivity index (χ0) is 14.1. The van der Waals surface area contributed by atoms with E-state index in [1.54, 1.807) is 4.68 Å². The van der Waals surface area contributed by atoms with Gasteiger partial charge in [0.15, 0.2) is 5.82 Å². The Morgan fingerprint density at radius 2 is 2.35 bits per heavy atom. The Balaban J connectivity index is 1.67. The highest BCUT2D eigenvalue weighted by Crippen LogP contribution is 2.24. The minimum atomic E-state index is -0.359. The Morgan fingerprint density at radius 1 is 1.55 bits per heavy atom. The van der Waals surface area contributed by atoms with E-state index >= 15 is 0 Å². The monoisotopic (exact) mass is 277 g/mol. The molecule has 2 N–H and O–H groups in total. The number of hydrogen-bond donors (Lipinski definition) is 1. The Bertz CT molecular complexity index is 587. The number of rotatable bonds is 5. The van der Waals surface area contributed by atoms with E-state index in [9.17, 15) is 0 Å². The summed E-state index contributed by atoms with van der Waals surface area (Å²) >= 11 is 0. The molecular formula is C13H19N5O2. The van der Waals surface area contributed by atoms with Gasteiger partial charge in [0.1, 0.15) is 5.69 Å². The van der Waals surface area contributed by atoms with Crippen LogP contribution >= 0.6 is 0 Å². The quantitative estimate of drug-likeness (QED) is 0.886. The first-order valence-electron chi connectivity index (χ1n) is 6.85. The van der Waals surface area contributed by atoms with Crippen LogP contribution in [0.25, 0.3) is 11.6 Å². The molecule has 0 amide bonds. The molecule has 0 radical (unpaired) electrons. The first-order chi connectivity index (χ1) is 9.63. The Labute approximate surface area is 117 Å². The molecule has 7 nitrogen and oxygen atoms in total. The highest BCUT2D eigenvalue weighted by atomic mass is 16.5. The molecule has 0 spiro atoms. The molecule has 1 fully saturated rings. The summed E-state index contributed by atoms with van der Waals surface area (Å²) in [5.41, 5.74) is 7.71. The van der Waals surface area contributed by atoms with E-state index in [4.69, 9.17) is 15.0 Å². The van der Waals surface area contributed by atoms with E-state index in [0.29, 0.717) is 24.4 Å². The van der Waals surface area contributed by atoms with Crippen molar-refractivity contribution in [1.82, 2.24) is 19.9 Å². The number of nitrogens with two attached hydrogens (primary N) is 1. The van der Waals surface area contributed by atoms with E-state index in [2.05, 4.69) is 15.2 Å². The number of ether oxygens (including phenoxy) is 1. The van der Waals surface area contributed by atoms with Crippen LogP contribution in [0.5, 0.6) is 0 Å². The van der Waals surface area contributed by atoms with Gasteiger partial charge in [0.05, 0.1) is 24.4 Å². The molecule has 2 aromatic rings. The summed E-state index contributed by atoms with van der Waals surface area (Å²) in [6, 6.07) is 1.54. The van der Waals surface area contributed by atoms with Crippen LogP contribution in [0.3, 0.4) is 0 Å². The van der Waals surface area contributed by atoms with Gasteiger partial charge in [-0.05, 0) is 32.3 Å². The molecule has 108 valence electrons. The summed E-state index contributed by atoms with van der Waals surface area (Å²) in [5.74, 6) is 0.903. The SMILES string of the molecule is Cc1cc(-c2nc(C(N)COC3CCC3)no2)n(C)n1. The van der Waals surface area contributed by atoms with Gasteiger partial charge in [-0.3, -0.25) is 4.68 Å². The highest BCUT2D eigenvalue weighted by molar-refractivity contribution is 5.47. The predicted molar refractivity (Wildman–Crippen MR) is 71.8 cm³/mol. The Morgan fingerprint density at radius 3 is 2.95 bits per heavy atom. The van der Waals surface area contributed by atoms with Crippen molar-refractivity contribution in [1.29, 1.82) is 0 Å². The largest absolute Gasteiger partial charge is 0.376 e. The second-order valence-corrected chi connectivity index (χ2v) is 5.25. The average molecular weight is 277 g/mol. The lowest BCUT2D eigenvalue weighted by atomic mass is 9.96. The van der Waals surface area contributed by atoms with Gasteiger partial charge in [0, 0.05) is 7.05 Å². The van der Waals surface area contributed by atoms with Gasteiger partial charge in [0.25, 0.3) is 5.89 Å². The van der Waals surface area contributed by atoms with Crippen LogP contribution in [0.2, 0.25) is 0 Å². The van der Waals surface area contributed by atoms with Crippen molar-refractivity contribution >= 4 is 0 Å². The first kappa shape index (κ1) is 13.3. The third-order valence-corrected chi connectivity index (χ3v) is 3.56. The molecule has 3 rings (SSSR count). The van der Waals surface area contributed by atoms with Gasteiger partial charge in [0.2, 0.25) is 0 Å². The van der Waals surface area contributed by atoms with Crippen LogP contribution in [-0.2, 0) is 11.8 Å². The predicted octanol–water partition coefficient (Wildman–Crippen LogP) is 1.35. The third kappa shape index (κ3) is 2.59. The maximum atomic E-state index is 6.02. The van der Waals surface area contributed by atoms with Crippen molar-refractivity contribution in [3.05, 3.63) is 17.6 Å². The van der Waals surface area contributed by atoms with E-state index in [-0.39, 0.29) is 6.04 Å². The van der Waals surface area contributed by atoms with Crippen molar-refractivity contribution in [2.45, 2.75) is 38.3 Å². The van der Waals surface area contributed by atoms with E-state index in [0.717, 1.165) is 24.2 Å². The molecule has 1 aliphatic rings. The van der Waals surface area contributed by atoms with Crippen molar-refractivity contribution in [2.24, 2.45) is 12.8 Å². The minimum Gasteiger partial charge on any atom is -0.376 e. The summed E-state index contributed by atoms with van der Waals surface area (Å²) in [5, 5.41) is 8.19. The zero-order valence-corrected chi connectivity index (χ0v) is 11.7. The van der Waals surface area contributed by atoms with Gasteiger partial charge >= 0.3 is 0 Å². The second-order valence-electron chi connectivity index (χ2n) is 5.25. The van der Waals surface area contributed by atoms with Crippen LogP contribution in [0.1, 0.15) is 36.8 Å². The van der Waals surface area contributed by atoms with Crippen LogP contribution in [0, 0.1) is 6.92 Å². The van der Waals surface area contributed by atoms with Gasteiger partial charge in [-0.25, -0.2) is 0 Å². The van der Waals surface area contributed by atoms with Crippen molar-refractivity contribution < 1.29 is 9.26 Å². The van der Waals surface area contributed by atoms with Gasteiger partial charge < -0.3 is 15.0 Å². The molecule has 0 aliphatic heterocycles. The molecule has 0 bridgehead atoms. The maximum Gasteiger partial charge on any atom is 0.276 e. The molecule has 7 heteroatoms. The lowest BCUT2D eigenvalue weighted by Crippen LogP contribution is -2.27. The fourth-order valence-electron chi connectivity index (χ4n) is 2.15. The lowest BCUT2D eigenvalue weighted by Gasteiger charge is -2.26.